The average molecular weight is 344 g/mol. The summed E-state index contributed by atoms with van der Waals surface area (Å²) in [7, 11) is 0. The summed E-state index contributed by atoms with van der Waals surface area (Å²) in [6.45, 7) is 0. The van der Waals surface area contributed by atoms with Crippen LogP contribution in [0.3, 0.4) is 0 Å². The van der Waals surface area contributed by atoms with Crippen LogP contribution in [-0.2, 0) is 4.79 Å². The Balaban J connectivity index is 1.56. The zero-order valence-electron chi connectivity index (χ0n) is 13.7. The second kappa shape index (κ2) is 6.60. The van der Waals surface area contributed by atoms with Crippen molar-refractivity contribution in [2.24, 2.45) is 0 Å². The molecule has 3 amide bonds. The van der Waals surface area contributed by atoms with E-state index in [4.69, 9.17) is 0 Å². The van der Waals surface area contributed by atoms with Crippen LogP contribution >= 0.6 is 0 Å². The maximum atomic E-state index is 12.2. The Morgan fingerprint density at radius 3 is 2.50 bits per heavy atom. The molecule has 0 saturated heterocycles. The summed E-state index contributed by atoms with van der Waals surface area (Å²) in [5.41, 5.74) is 4.17. The van der Waals surface area contributed by atoms with E-state index in [1.54, 1.807) is 30.5 Å². The Hall–Kier alpha value is -3.80. The van der Waals surface area contributed by atoms with Crippen LogP contribution in [0.5, 0.6) is 0 Å². The number of H-pyrrole nitrogens is 1. The number of carbonyl (C=O) groups excluding carboxylic acids is 2. The number of nitrogens with one attached hydrogen (secondary N) is 4. The lowest BCUT2D eigenvalue weighted by Gasteiger charge is -2.09. The zero-order chi connectivity index (χ0) is 17.9. The van der Waals surface area contributed by atoms with Gasteiger partial charge in [-0.3, -0.25) is 4.79 Å². The second-order valence-electron chi connectivity index (χ2n) is 5.84. The monoisotopic (exact) mass is 344 g/mol. The molecule has 0 atom stereocenters. The van der Waals surface area contributed by atoms with Gasteiger partial charge in [-0.1, -0.05) is 18.2 Å². The van der Waals surface area contributed by atoms with Crippen molar-refractivity contribution in [2.75, 3.05) is 16.0 Å². The number of anilines is 3. The van der Waals surface area contributed by atoms with Crippen molar-refractivity contribution in [3.05, 3.63) is 78.1 Å². The van der Waals surface area contributed by atoms with Gasteiger partial charge in [0.1, 0.15) is 0 Å². The SMILES string of the molecule is O=C(Nc1ccccc1)Nc1ccc2c(c1)/C(=C/c1ccc[nH]1)C(=O)N2. The molecule has 0 aliphatic carbocycles. The largest absolute Gasteiger partial charge is 0.362 e. The van der Waals surface area contributed by atoms with Gasteiger partial charge < -0.3 is 20.9 Å². The molecule has 4 N–H and O–H groups in total. The van der Waals surface area contributed by atoms with Crippen molar-refractivity contribution < 1.29 is 9.59 Å². The van der Waals surface area contributed by atoms with Gasteiger partial charge in [-0.15, -0.1) is 0 Å². The van der Waals surface area contributed by atoms with Crippen LogP contribution in [0.15, 0.2) is 66.9 Å². The molecule has 1 aromatic heterocycles. The first-order valence-corrected chi connectivity index (χ1v) is 8.13. The third kappa shape index (κ3) is 3.21. The molecular formula is C20H16N4O2. The fourth-order valence-electron chi connectivity index (χ4n) is 2.81. The van der Waals surface area contributed by atoms with Crippen LogP contribution in [0.4, 0.5) is 21.9 Å². The van der Waals surface area contributed by atoms with E-state index in [0.29, 0.717) is 16.9 Å². The van der Waals surface area contributed by atoms with Crippen LogP contribution in [-0.4, -0.2) is 16.9 Å². The van der Waals surface area contributed by atoms with E-state index >= 15 is 0 Å². The van der Waals surface area contributed by atoms with Gasteiger partial charge >= 0.3 is 6.03 Å². The van der Waals surface area contributed by atoms with Crippen molar-refractivity contribution in [2.45, 2.75) is 0 Å². The molecule has 0 fully saturated rings. The first-order valence-electron chi connectivity index (χ1n) is 8.13. The van der Waals surface area contributed by atoms with Gasteiger partial charge in [-0.2, -0.15) is 0 Å². The molecule has 0 saturated carbocycles. The number of hydrogen-bond acceptors (Lipinski definition) is 2. The minimum atomic E-state index is -0.344. The second-order valence-corrected chi connectivity index (χ2v) is 5.84. The lowest BCUT2D eigenvalue weighted by atomic mass is 10.1. The third-order valence-electron chi connectivity index (χ3n) is 4.01. The number of urea groups is 1. The lowest BCUT2D eigenvalue weighted by molar-refractivity contribution is -0.110. The highest BCUT2D eigenvalue weighted by atomic mass is 16.2. The fraction of sp³-hybridized carbons (Fsp3) is 0. The highest BCUT2D eigenvalue weighted by molar-refractivity contribution is 6.35. The number of rotatable bonds is 3. The van der Waals surface area contributed by atoms with Crippen LogP contribution in [0.2, 0.25) is 0 Å². The van der Waals surface area contributed by atoms with E-state index < -0.39 is 0 Å². The summed E-state index contributed by atoms with van der Waals surface area (Å²) in [6, 6.07) is 17.9. The van der Waals surface area contributed by atoms with Gasteiger partial charge in [0.15, 0.2) is 0 Å². The number of benzene rings is 2. The number of hydrogen-bond donors (Lipinski definition) is 4. The Morgan fingerprint density at radius 1 is 0.923 bits per heavy atom. The van der Waals surface area contributed by atoms with Crippen molar-refractivity contribution in [1.82, 2.24) is 4.98 Å². The molecule has 3 aromatic rings. The minimum absolute atomic E-state index is 0.166. The normalized spacial score (nSPS) is 14.0. The van der Waals surface area contributed by atoms with Crippen molar-refractivity contribution in [1.29, 1.82) is 0 Å². The minimum Gasteiger partial charge on any atom is -0.362 e. The fourth-order valence-corrected chi connectivity index (χ4v) is 2.81. The number of fused-ring (bicyclic) bond motifs is 1. The topological polar surface area (TPSA) is 86.0 Å². The van der Waals surface area contributed by atoms with Crippen LogP contribution in [0.1, 0.15) is 11.3 Å². The van der Waals surface area contributed by atoms with Gasteiger partial charge in [0, 0.05) is 34.5 Å². The Kier molecular flexibility index (Phi) is 3.99. The van der Waals surface area contributed by atoms with Gasteiger partial charge in [0.2, 0.25) is 0 Å². The molecule has 6 nitrogen and oxygen atoms in total. The third-order valence-corrected chi connectivity index (χ3v) is 4.01. The predicted molar refractivity (Wildman–Crippen MR) is 103 cm³/mol. The maximum Gasteiger partial charge on any atom is 0.323 e. The number of aromatic amines is 1. The number of amides is 3. The summed E-state index contributed by atoms with van der Waals surface area (Å²) in [4.78, 5) is 27.5. The Morgan fingerprint density at radius 2 is 1.73 bits per heavy atom. The Bertz CT molecular complexity index is 992. The maximum absolute atomic E-state index is 12.2. The molecule has 4 rings (SSSR count). The van der Waals surface area contributed by atoms with E-state index in [-0.39, 0.29) is 11.9 Å². The van der Waals surface area contributed by atoms with Crippen LogP contribution in [0, 0.1) is 0 Å². The summed E-state index contributed by atoms with van der Waals surface area (Å²) in [5.74, 6) is -0.166. The van der Waals surface area contributed by atoms with E-state index in [0.717, 1.165) is 16.9 Å². The van der Waals surface area contributed by atoms with E-state index in [1.165, 1.54) is 0 Å². The summed E-state index contributed by atoms with van der Waals surface area (Å²) < 4.78 is 0. The van der Waals surface area contributed by atoms with E-state index in [1.807, 2.05) is 42.5 Å². The molecule has 0 bridgehead atoms. The molecule has 0 unspecified atom stereocenters. The molecule has 2 heterocycles. The summed E-state index contributed by atoms with van der Waals surface area (Å²) >= 11 is 0. The molecule has 0 spiro atoms. The molecule has 1 aliphatic rings. The molecule has 2 aromatic carbocycles. The molecule has 26 heavy (non-hydrogen) atoms. The van der Waals surface area contributed by atoms with Crippen molar-refractivity contribution in [3.63, 3.8) is 0 Å². The highest BCUT2D eigenvalue weighted by Gasteiger charge is 2.24. The first kappa shape index (κ1) is 15.7. The average Bonchev–Trinajstić information content (AvgIpc) is 3.25. The van der Waals surface area contributed by atoms with Crippen LogP contribution in [0.25, 0.3) is 11.6 Å². The highest BCUT2D eigenvalue weighted by Crippen LogP contribution is 2.34. The molecular weight excluding hydrogens is 328 g/mol. The Labute approximate surface area is 149 Å². The molecule has 1 aliphatic heterocycles. The first-order chi connectivity index (χ1) is 12.7. The molecule has 128 valence electrons. The number of carbonyl (C=O) groups is 2. The van der Waals surface area contributed by atoms with Crippen molar-refractivity contribution >= 4 is 40.6 Å². The predicted octanol–water partition coefficient (Wildman–Crippen LogP) is 4.15. The van der Waals surface area contributed by atoms with Gasteiger partial charge in [-0.05, 0) is 48.5 Å². The zero-order valence-corrected chi connectivity index (χ0v) is 13.7. The quantitative estimate of drug-likeness (QED) is 0.538. The van der Waals surface area contributed by atoms with E-state index in [2.05, 4.69) is 20.9 Å². The standard InChI is InChI=1S/C20H16N4O2/c25-19-17(11-14-7-4-10-21-14)16-12-15(8-9-18(16)24-19)23-20(26)22-13-5-2-1-3-6-13/h1-12,21H,(H,24,25)(H2,22,23,26)/b17-11-. The summed E-state index contributed by atoms with van der Waals surface area (Å²) in [6.07, 6.45) is 3.58. The van der Waals surface area contributed by atoms with Gasteiger partial charge in [0.25, 0.3) is 5.91 Å². The van der Waals surface area contributed by atoms with Crippen molar-refractivity contribution in [3.8, 4) is 0 Å². The van der Waals surface area contributed by atoms with E-state index in [9.17, 15) is 9.59 Å². The van der Waals surface area contributed by atoms with Crippen LogP contribution < -0.4 is 16.0 Å². The number of aromatic nitrogens is 1. The van der Waals surface area contributed by atoms with Gasteiger partial charge in [0.05, 0.1) is 5.57 Å². The molecule has 0 radical (unpaired) electrons. The summed E-state index contributed by atoms with van der Waals surface area (Å²) in [5, 5.41) is 8.38. The lowest BCUT2D eigenvalue weighted by Crippen LogP contribution is -2.19. The smallest absolute Gasteiger partial charge is 0.323 e. The molecule has 6 heteroatoms. The number of para-hydroxylation sites is 1. The van der Waals surface area contributed by atoms with Gasteiger partial charge in [-0.25, -0.2) is 4.79 Å².